The molecule has 17 heavy (non-hydrogen) atoms. The highest BCUT2D eigenvalue weighted by molar-refractivity contribution is 5.69. The maximum absolute atomic E-state index is 9.69. The Hall–Kier alpha value is -1.42. The van der Waals surface area contributed by atoms with Gasteiger partial charge in [-0.2, -0.15) is 0 Å². The van der Waals surface area contributed by atoms with Crippen LogP contribution in [0, 0.1) is 0 Å². The molecule has 2 aliphatic rings. The Morgan fingerprint density at radius 2 is 1.88 bits per heavy atom. The van der Waals surface area contributed by atoms with Crippen LogP contribution < -0.4 is 4.90 Å². The summed E-state index contributed by atoms with van der Waals surface area (Å²) in [5.41, 5.74) is 2.22. The average Bonchev–Trinajstić information content (AvgIpc) is 2.67. The molecule has 1 fully saturated rings. The Bertz CT molecular complexity index is 489. The van der Waals surface area contributed by atoms with Crippen molar-refractivity contribution in [3.05, 3.63) is 17.7 Å². The molecule has 0 aromatic heterocycles. The van der Waals surface area contributed by atoms with Gasteiger partial charge in [0.25, 0.3) is 0 Å². The minimum absolute atomic E-state index is 0.0198. The predicted octanol–water partition coefficient (Wildman–Crippen LogP) is 1.47. The topological polar surface area (TPSA) is 46.9 Å². The predicted molar refractivity (Wildman–Crippen MR) is 66.6 cm³/mol. The van der Waals surface area contributed by atoms with Crippen molar-refractivity contribution in [3.8, 4) is 11.5 Å². The highest BCUT2D eigenvalue weighted by Crippen LogP contribution is 2.53. The molecule has 4 heteroatoms. The van der Waals surface area contributed by atoms with Crippen molar-refractivity contribution in [2.24, 2.45) is 0 Å². The molecule has 0 saturated carbocycles. The number of nitrogens with zero attached hydrogens (tertiary/aromatic N) is 2. The Balaban J connectivity index is 2.22. The summed E-state index contributed by atoms with van der Waals surface area (Å²) < 4.78 is 0. The fraction of sp³-hybridized carbons (Fsp3) is 0.538. The summed E-state index contributed by atoms with van der Waals surface area (Å²) in [7, 11) is 4.17. The number of benzene rings is 1. The van der Waals surface area contributed by atoms with E-state index in [0.717, 1.165) is 24.2 Å². The summed E-state index contributed by atoms with van der Waals surface area (Å²) in [6.45, 7) is 3.30. The summed E-state index contributed by atoms with van der Waals surface area (Å²) in [6.07, 6.45) is 1.40. The molecule has 0 radical (unpaired) electrons. The van der Waals surface area contributed by atoms with E-state index in [1.54, 1.807) is 12.1 Å². The van der Waals surface area contributed by atoms with Gasteiger partial charge >= 0.3 is 0 Å². The Labute approximate surface area is 101 Å². The molecule has 2 N–H and O–H groups in total. The van der Waals surface area contributed by atoms with E-state index in [1.807, 2.05) is 7.05 Å². The van der Waals surface area contributed by atoms with Gasteiger partial charge in [0.1, 0.15) is 0 Å². The van der Waals surface area contributed by atoms with E-state index >= 15 is 0 Å². The highest BCUT2D eigenvalue weighted by atomic mass is 16.3. The van der Waals surface area contributed by atoms with Crippen LogP contribution in [0.4, 0.5) is 5.69 Å². The lowest BCUT2D eigenvalue weighted by Crippen LogP contribution is -2.45. The van der Waals surface area contributed by atoms with E-state index in [4.69, 9.17) is 0 Å². The summed E-state index contributed by atoms with van der Waals surface area (Å²) in [4.78, 5) is 4.52. The van der Waals surface area contributed by atoms with Gasteiger partial charge in [-0.25, -0.2) is 0 Å². The number of fused-ring (bicyclic) bond motifs is 3. The molecule has 4 nitrogen and oxygen atoms in total. The number of likely N-dealkylation sites (N-methyl/N-ethyl adjacent to an activating group) is 2. The number of phenols is 2. The zero-order valence-electron chi connectivity index (χ0n) is 10.4. The van der Waals surface area contributed by atoms with Crippen molar-refractivity contribution in [3.63, 3.8) is 0 Å². The largest absolute Gasteiger partial charge is 0.504 e. The first-order valence-corrected chi connectivity index (χ1v) is 5.94. The fourth-order valence-electron chi connectivity index (χ4n) is 3.59. The van der Waals surface area contributed by atoms with Crippen molar-refractivity contribution in [1.29, 1.82) is 0 Å². The molecule has 1 aromatic carbocycles. The normalized spacial score (nSPS) is 31.7. The van der Waals surface area contributed by atoms with Crippen molar-refractivity contribution in [1.82, 2.24) is 4.90 Å². The van der Waals surface area contributed by atoms with Crippen LogP contribution in [0.1, 0.15) is 18.9 Å². The zero-order valence-corrected chi connectivity index (χ0v) is 10.4. The van der Waals surface area contributed by atoms with Crippen LogP contribution in [0.2, 0.25) is 0 Å². The van der Waals surface area contributed by atoms with E-state index in [2.05, 4.69) is 23.8 Å². The van der Waals surface area contributed by atoms with Crippen LogP contribution in [0.3, 0.4) is 0 Å². The fourth-order valence-corrected chi connectivity index (χ4v) is 3.59. The van der Waals surface area contributed by atoms with Crippen molar-refractivity contribution in [2.75, 3.05) is 25.5 Å². The van der Waals surface area contributed by atoms with Gasteiger partial charge in [-0.3, -0.25) is 4.90 Å². The van der Waals surface area contributed by atoms with Crippen molar-refractivity contribution < 1.29 is 10.2 Å². The lowest BCUT2D eigenvalue weighted by Gasteiger charge is -2.32. The molecule has 0 spiro atoms. The molecule has 0 amide bonds. The summed E-state index contributed by atoms with van der Waals surface area (Å²) in [5, 5.41) is 19.3. The Morgan fingerprint density at radius 1 is 1.24 bits per heavy atom. The monoisotopic (exact) mass is 234 g/mol. The van der Waals surface area contributed by atoms with Gasteiger partial charge in [0.15, 0.2) is 11.5 Å². The number of anilines is 1. The molecule has 3 rings (SSSR count). The van der Waals surface area contributed by atoms with E-state index in [9.17, 15) is 10.2 Å². The molecule has 2 heterocycles. The minimum atomic E-state index is -0.0400. The molecular formula is C13H18N2O2. The van der Waals surface area contributed by atoms with Crippen LogP contribution in [0.15, 0.2) is 12.1 Å². The third-order valence-corrected chi connectivity index (χ3v) is 4.43. The molecule has 2 aliphatic heterocycles. The second-order valence-corrected chi connectivity index (χ2v) is 5.49. The van der Waals surface area contributed by atoms with Crippen LogP contribution in [0.5, 0.6) is 11.5 Å². The number of hydrogen-bond donors (Lipinski definition) is 2. The maximum Gasteiger partial charge on any atom is 0.159 e. The summed E-state index contributed by atoms with van der Waals surface area (Å²) in [5.74, 6) is -0.0598. The molecule has 1 saturated heterocycles. The molecule has 0 aliphatic carbocycles. The lowest BCUT2D eigenvalue weighted by molar-refractivity contribution is 0.268. The first-order chi connectivity index (χ1) is 7.95. The van der Waals surface area contributed by atoms with Gasteiger partial charge in [0.2, 0.25) is 0 Å². The minimum Gasteiger partial charge on any atom is -0.504 e. The molecule has 0 unspecified atom stereocenters. The Morgan fingerprint density at radius 3 is 2.59 bits per heavy atom. The number of aromatic hydroxyl groups is 2. The first kappa shape index (κ1) is 10.7. The van der Waals surface area contributed by atoms with Crippen LogP contribution >= 0.6 is 0 Å². The van der Waals surface area contributed by atoms with Crippen molar-refractivity contribution >= 4 is 5.69 Å². The van der Waals surface area contributed by atoms with E-state index in [1.165, 1.54) is 0 Å². The molecule has 0 bridgehead atoms. The van der Waals surface area contributed by atoms with Crippen LogP contribution in [-0.2, 0) is 5.41 Å². The number of likely N-dealkylation sites (tertiary alicyclic amines) is 1. The average molecular weight is 234 g/mol. The zero-order chi connectivity index (χ0) is 12.4. The maximum atomic E-state index is 9.69. The molecule has 92 valence electrons. The third-order valence-electron chi connectivity index (χ3n) is 4.43. The van der Waals surface area contributed by atoms with E-state index in [-0.39, 0.29) is 16.9 Å². The standard InChI is InChI=1S/C13H18N2O2/c1-13-4-5-14(2)12(13)15(3)9-7-11(17)10(16)6-8(9)13/h6-7,12,16-17H,4-5H2,1-3H3/t12-,13+/m1/s1. The second-order valence-electron chi connectivity index (χ2n) is 5.49. The number of rotatable bonds is 0. The van der Waals surface area contributed by atoms with Crippen molar-refractivity contribution in [2.45, 2.75) is 24.9 Å². The van der Waals surface area contributed by atoms with E-state index in [0.29, 0.717) is 6.17 Å². The quantitative estimate of drug-likeness (QED) is 0.667. The van der Waals surface area contributed by atoms with E-state index < -0.39 is 0 Å². The number of hydrogen-bond acceptors (Lipinski definition) is 4. The molecule has 2 atom stereocenters. The van der Waals surface area contributed by atoms with Gasteiger partial charge in [-0.1, -0.05) is 6.92 Å². The van der Waals surface area contributed by atoms with Gasteiger partial charge in [-0.05, 0) is 25.1 Å². The van der Waals surface area contributed by atoms with Gasteiger partial charge in [0, 0.05) is 30.8 Å². The first-order valence-electron chi connectivity index (χ1n) is 5.94. The summed E-state index contributed by atoms with van der Waals surface area (Å²) >= 11 is 0. The summed E-state index contributed by atoms with van der Waals surface area (Å²) in [6, 6.07) is 3.39. The van der Waals surface area contributed by atoms with Crippen LogP contribution in [-0.4, -0.2) is 41.9 Å². The van der Waals surface area contributed by atoms with Gasteiger partial charge < -0.3 is 15.1 Å². The van der Waals surface area contributed by atoms with Gasteiger partial charge in [-0.15, -0.1) is 0 Å². The second kappa shape index (κ2) is 3.07. The van der Waals surface area contributed by atoms with Crippen LogP contribution in [0.25, 0.3) is 0 Å². The smallest absolute Gasteiger partial charge is 0.159 e. The highest BCUT2D eigenvalue weighted by Gasteiger charge is 2.52. The lowest BCUT2D eigenvalue weighted by atomic mass is 9.81. The molecular weight excluding hydrogens is 216 g/mol. The van der Waals surface area contributed by atoms with Gasteiger partial charge in [0.05, 0.1) is 6.17 Å². The molecule has 1 aromatic rings. The number of phenolic OH excluding ortho intramolecular Hbond substituents is 2. The third kappa shape index (κ3) is 1.16. The Kier molecular flexibility index (Phi) is 1.94. The SMILES string of the molecule is CN1CC[C@@]2(C)c3cc(O)c(O)cc3N(C)[C@@H]12.